The Morgan fingerprint density at radius 2 is 1.28 bits per heavy atom. The van der Waals surface area contributed by atoms with Crippen LogP contribution in [-0.2, 0) is 19.4 Å². The maximum atomic E-state index is 11.1. The third kappa shape index (κ3) is 13.0. The van der Waals surface area contributed by atoms with E-state index in [-0.39, 0.29) is 0 Å². The predicted octanol–water partition coefficient (Wildman–Crippen LogP) is 3.93. The average molecular weight is 258 g/mol. The zero-order valence-corrected chi connectivity index (χ0v) is 11.7. The highest BCUT2D eigenvalue weighted by molar-refractivity contribution is 5.71. The van der Waals surface area contributed by atoms with Crippen molar-refractivity contribution in [1.29, 1.82) is 0 Å². The van der Waals surface area contributed by atoms with Crippen LogP contribution in [-0.4, -0.2) is 11.9 Å². The molecule has 0 atom stereocenters. The molecule has 0 fully saturated rings. The molecule has 0 aliphatic carbocycles. The fourth-order valence-corrected chi connectivity index (χ4v) is 1.73. The largest absolute Gasteiger partial charge is 0.355 e. The zero-order chi connectivity index (χ0) is 13.6. The van der Waals surface area contributed by atoms with Gasteiger partial charge in [-0.05, 0) is 6.42 Å². The van der Waals surface area contributed by atoms with E-state index >= 15 is 0 Å². The van der Waals surface area contributed by atoms with Gasteiger partial charge in [0.2, 0.25) is 0 Å². The summed E-state index contributed by atoms with van der Waals surface area (Å²) < 4.78 is 0. The first-order valence-corrected chi connectivity index (χ1v) is 7.04. The van der Waals surface area contributed by atoms with Crippen molar-refractivity contribution in [1.82, 2.24) is 0 Å². The highest BCUT2D eigenvalue weighted by atomic mass is 17.2. The third-order valence-corrected chi connectivity index (χ3v) is 2.74. The summed E-state index contributed by atoms with van der Waals surface area (Å²) in [6.07, 6.45) is 11.1. The van der Waals surface area contributed by atoms with Crippen LogP contribution in [0, 0.1) is 0 Å². The monoisotopic (exact) mass is 258 g/mol. The van der Waals surface area contributed by atoms with Gasteiger partial charge in [-0.15, -0.1) is 0 Å². The van der Waals surface area contributed by atoms with Gasteiger partial charge >= 0.3 is 11.9 Å². The molecule has 4 heteroatoms. The first kappa shape index (κ1) is 16.9. The molecule has 106 valence electrons. The lowest BCUT2D eigenvalue weighted by atomic mass is 10.1. The highest BCUT2D eigenvalue weighted by Crippen LogP contribution is 2.10. The SMILES string of the molecule is CCCCCCCCCCCC(=O)OOC(C)=O. The number of hydrogen-bond acceptors (Lipinski definition) is 4. The summed E-state index contributed by atoms with van der Waals surface area (Å²) in [6, 6.07) is 0. The van der Waals surface area contributed by atoms with E-state index in [1.54, 1.807) is 0 Å². The molecular formula is C14H26O4. The molecule has 0 unspecified atom stereocenters. The van der Waals surface area contributed by atoms with Crippen LogP contribution in [0.1, 0.15) is 78.1 Å². The Morgan fingerprint density at radius 1 is 0.778 bits per heavy atom. The van der Waals surface area contributed by atoms with Crippen molar-refractivity contribution in [2.75, 3.05) is 0 Å². The van der Waals surface area contributed by atoms with Gasteiger partial charge in [-0.1, -0.05) is 58.3 Å². The Balaban J connectivity index is 3.15. The Kier molecular flexibility index (Phi) is 11.7. The van der Waals surface area contributed by atoms with Gasteiger partial charge < -0.3 is 0 Å². The summed E-state index contributed by atoms with van der Waals surface area (Å²) in [5.74, 6) is -1.07. The van der Waals surface area contributed by atoms with Gasteiger partial charge in [-0.25, -0.2) is 19.4 Å². The van der Waals surface area contributed by atoms with E-state index in [1.165, 1.54) is 45.4 Å². The second-order valence-corrected chi connectivity index (χ2v) is 4.61. The van der Waals surface area contributed by atoms with Crippen LogP contribution >= 0.6 is 0 Å². The van der Waals surface area contributed by atoms with Crippen LogP contribution in [0.25, 0.3) is 0 Å². The summed E-state index contributed by atoms with van der Waals surface area (Å²) >= 11 is 0. The molecule has 0 aliphatic heterocycles. The van der Waals surface area contributed by atoms with Crippen molar-refractivity contribution in [2.45, 2.75) is 78.1 Å². The molecule has 0 aliphatic rings. The van der Waals surface area contributed by atoms with Gasteiger partial charge in [0.05, 0.1) is 6.42 Å². The Hall–Kier alpha value is -1.06. The van der Waals surface area contributed by atoms with Gasteiger partial charge in [-0.3, -0.25) is 0 Å². The molecule has 0 heterocycles. The van der Waals surface area contributed by atoms with Crippen LogP contribution in [0.5, 0.6) is 0 Å². The quantitative estimate of drug-likeness (QED) is 0.338. The molecule has 4 nitrogen and oxygen atoms in total. The van der Waals surface area contributed by atoms with Gasteiger partial charge in [0.15, 0.2) is 0 Å². The second kappa shape index (κ2) is 12.4. The van der Waals surface area contributed by atoms with Crippen molar-refractivity contribution in [3.63, 3.8) is 0 Å². The maximum absolute atomic E-state index is 11.1. The Labute approximate surface area is 110 Å². The lowest BCUT2D eigenvalue weighted by Crippen LogP contribution is -2.08. The van der Waals surface area contributed by atoms with E-state index < -0.39 is 11.9 Å². The molecule has 0 amide bonds. The maximum Gasteiger partial charge on any atom is 0.355 e. The smallest absolute Gasteiger partial charge is 0.248 e. The standard InChI is InChI=1S/C14H26O4/c1-3-4-5-6-7-8-9-10-11-12-14(16)18-17-13(2)15/h3-12H2,1-2H3. The van der Waals surface area contributed by atoms with Crippen LogP contribution in [0.3, 0.4) is 0 Å². The number of carbonyl (C=O) groups is 2. The summed E-state index contributed by atoms with van der Waals surface area (Å²) in [5.41, 5.74) is 0. The van der Waals surface area contributed by atoms with Gasteiger partial charge in [0, 0.05) is 6.92 Å². The number of carbonyl (C=O) groups excluding carboxylic acids is 2. The van der Waals surface area contributed by atoms with E-state index in [2.05, 4.69) is 16.7 Å². The lowest BCUT2D eigenvalue weighted by molar-refractivity contribution is -0.257. The van der Waals surface area contributed by atoms with Crippen LogP contribution in [0.2, 0.25) is 0 Å². The van der Waals surface area contributed by atoms with Crippen molar-refractivity contribution >= 4 is 11.9 Å². The van der Waals surface area contributed by atoms with Crippen molar-refractivity contribution in [3.8, 4) is 0 Å². The summed E-state index contributed by atoms with van der Waals surface area (Å²) in [4.78, 5) is 29.9. The van der Waals surface area contributed by atoms with Crippen molar-refractivity contribution < 1.29 is 19.4 Å². The number of rotatable bonds is 10. The highest BCUT2D eigenvalue weighted by Gasteiger charge is 2.05. The van der Waals surface area contributed by atoms with Crippen LogP contribution in [0.4, 0.5) is 0 Å². The third-order valence-electron chi connectivity index (χ3n) is 2.74. The molecule has 0 rings (SSSR count). The van der Waals surface area contributed by atoms with E-state index in [9.17, 15) is 9.59 Å². The zero-order valence-electron chi connectivity index (χ0n) is 11.7. The predicted molar refractivity (Wildman–Crippen MR) is 69.7 cm³/mol. The summed E-state index contributed by atoms with van der Waals surface area (Å²) in [5, 5.41) is 0. The normalized spacial score (nSPS) is 10.1. The van der Waals surface area contributed by atoms with Crippen molar-refractivity contribution in [2.24, 2.45) is 0 Å². The van der Waals surface area contributed by atoms with Crippen molar-refractivity contribution in [3.05, 3.63) is 0 Å². The Morgan fingerprint density at radius 3 is 1.78 bits per heavy atom. The molecular weight excluding hydrogens is 232 g/mol. The lowest BCUT2D eigenvalue weighted by Gasteiger charge is -2.02. The van der Waals surface area contributed by atoms with Gasteiger partial charge in [0.1, 0.15) is 0 Å². The fourth-order valence-electron chi connectivity index (χ4n) is 1.73. The van der Waals surface area contributed by atoms with E-state index in [4.69, 9.17) is 0 Å². The van der Waals surface area contributed by atoms with Gasteiger partial charge in [-0.2, -0.15) is 0 Å². The molecule has 0 aromatic heterocycles. The molecule has 0 bridgehead atoms. The molecule has 0 saturated heterocycles. The average Bonchev–Trinajstić information content (AvgIpc) is 2.34. The minimum absolute atomic E-state index is 0.323. The molecule has 0 saturated carbocycles. The first-order valence-electron chi connectivity index (χ1n) is 7.04. The number of hydrogen-bond donors (Lipinski definition) is 0. The molecule has 0 spiro atoms. The summed E-state index contributed by atoms with van der Waals surface area (Å²) in [6.45, 7) is 3.42. The minimum atomic E-state index is -0.601. The molecule has 0 aromatic rings. The Bertz CT molecular complexity index is 226. The summed E-state index contributed by atoms with van der Waals surface area (Å²) in [7, 11) is 0. The van der Waals surface area contributed by atoms with E-state index in [0.29, 0.717) is 6.42 Å². The topological polar surface area (TPSA) is 52.6 Å². The molecule has 0 N–H and O–H groups in total. The van der Waals surface area contributed by atoms with Crippen LogP contribution in [0.15, 0.2) is 0 Å². The first-order chi connectivity index (χ1) is 8.66. The molecule has 0 radical (unpaired) electrons. The number of unbranched alkanes of at least 4 members (excludes halogenated alkanes) is 8. The van der Waals surface area contributed by atoms with E-state index in [1.807, 2.05) is 0 Å². The minimum Gasteiger partial charge on any atom is -0.248 e. The molecule has 0 aromatic carbocycles. The van der Waals surface area contributed by atoms with Gasteiger partial charge in [0.25, 0.3) is 0 Å². The second-order valence-electron chi connectivity index (χ2n) is 4.61. The van der Waals surface area contributed by atoms with Crippen LogP contribution < -0.4 is 0 Å². The van der Waals surface area contributed by atoms with E-state index in [0.717, 1.165) is 19.3 Å². The molecule has 18 heavy (non-hydrogen) atoms. The fraction of sp³-hybridized carbons (Fsp3) is 0.857.